The minimum Gasteiger partial charge on any atom is -0.540 e. The second-order valence-corrected chi connectivity index (χ2v) is 5.69. The molecule has 6 nitrogen and oxygen atoms in total. The number of aromatic nitrogens is 1. The second-order valence-electron chi connectivity index (χ2n) is 5.69. The van der Waals surface area contributed by atoms with Crippen LogP contribution in [0.15, 0.2) is 42.3 Å². The largest absolute Gasteiger partial charge is 0.540 e. The summed E-state index contributed by atoms with van der Waals surface area (Å²) in [6.45, 7) is -0.159. The minimum absolute atomic E-state index is 0. The van der Waals surface area contributed by atoms with Crippen molar-refractivity contribution in [1.29, 1.82) is 0 Å². The van der Waals surface area contributed by atoms with E-state index in [1.165, 1.54) is 0 Å². The molecule has 0 bridgehead atoms. The summed E-state index contributed by atoms with van der Waals surface area (Å²) in [5.41, 5.74) is 2.85. The summed E-state index contributed by atoms with van der Waals surface area (Å²) in [4.78, 5) is 14.1. The third-order valence-electron chi connectivity index (χ3n) is 3.50. The van der Waals surface area contributed by atoms with E-state index in [-0.39, 0.29) is 33.3 Å². The number of ketones is 1. The molecule has 0 aliphatic carbocycles. The van der Waals surface area contributed by atoms with Gasteiger partial charge in [-0.05, 0) is 17.3 Å². The fourth-order valence-electron chi connectivity index (χ4n) is 2.00. The number of benzene rings is 1. The van der Waals surface area contributed by atoms with Crippen molar-refractivity contribution >= 4 is 5.78 Å². The van der Waals surface area contributed by atoms with Gasteiger partial charge in [0.2, 0.25) is 5.76 Å². The first-order valence-electron chi connectivity index (χ1n) is 8.18. The number of nitrogens with zero attached hydrogens (tertiary/aromatic N) is 1. The molecule has 179 valence electrons. The molecular weight excluding hydrogens is 628 g/mol. The number of ether oxygens (including phenoxy) is 1. The van der Waals surface area contributed by atoms with Gasteiger partial charge in [-0.2, -0.15) is 26.3 Å². The Bertz CT molecular complexity index is 931. The molecule has 2 aromatic rings. The summed E-state index contributed by atoms with van der Waals surface area (Å²) in [5.74, 6) is -4.70. The number of aliphatic hydroxyl groups excluding tert-OH is 3. The number of hydrogen-bond acceptors (Lipinski definition) is 6. The Morgan fingerprint density at radius 2 is 1.75 bits per heavy atom. The van der Waals surface area contributed by atoms with E-state index in [0.717, 1.165) is 5.56 Å². The topological polar surface area (TPSA) is 99.9 Å². The molecule has 0 aliphatic heterocycles. The second kappa shape index (κ2) is 12.5. The fourth-order valence-corrected chi connectivity index (χ4v) is 2.00. The van der Waals surface area contributed by atoms with Crippen molar-refractivity contribution in [3.8, 4) is 17.0 Å². The zero-order valence-corrected chi connectivity index (χ0v) is 18.5. The number of methoxy groups -OCH3 is 1. The smallest absolute Gasteiger partial charge is 0.454 e. The minimum atomic E-state index is -5.42. The van der Waals surface area contributed by atoms with Gasteiger partial charge in [-0.25, -0.2) is 0 Å². The molecule has 13 heteroatoms. The van der Waals surface area contributed by atoms with Crippen molar-refractivity contribution in [3.05, 3.63) is 59.5 Å². The Labute approximate surface area is 191 Å². The van der Waals surface area contributed by atoms with Crippen LogP contribution in [0.4, 0.5) is 26.3 Å². The molecule has 3 N–H and O–H groups in total. The quantitative estimate of drug-likeness (QED) is 0.199. The van der Waals surface area contributed by atoms with Crippen LogP contribution in [-0.2, 0) is 38.1 Å². The molecule has 32 heavy (non-hydrogen) atoms. The number of carbonyl (C=O) groups is 1. The maximum absolute atomic E-state index is 11.4. The molecule has 0 atom stereocenters. The standard InChI is InChI=1S/C14H14NO3.C5H2F6O2.Ir/c1-18-12-2-3-13(11(7-12)9-17)14-6-10(8-16)4-5-15-14;6-4(7,8)2(12)1-3(13)5(9,10)11;/h2,4-7,16-17H,8-9H2,1H3;1,12H;/q-1;;/b;2-1-;. The average Bonchev–Trinajstić information content (AvgIpc) is 2.72. The molecule has 0 saturated heterocycles. The third kappa shape index (κ3) is 8.95. The molecule has 0 fully saturated rings. The van der Waals surface area contributed by atoms with Crippen LogP contribution in [-0.4, -0.2) is 45.5 Å². The molecule has 1 aromatic carbocycles. The number of alkyl halides is 6. The van der Waals surface area contributed by atoms with Gasteiger partial charge in [-0.3, -0.25) is 4.79 Å². The van der Waals surface area contributed by atoms with Gasteiger partial charge in [0.1, 0.15) is 0 Å². The van der Waals surface area contributed by atoms with Gasteiger partial charge in [0.15, 0.2) is 0 Å². The monoisotopic (exact) mass is 645 g/mol. The van der Waals surface area contributed by atoms with Crippen molar-refractivity contribution in [3.63, 3.8) is 0 Å². The van der Waals surface area contributed by atoms with Crippen LogP contribution in [0.3, 0.4) is 0 Å². The van der Waals surface area contributed by atoms with Gasteiger partial charge in [-0.15, -0.1) is 17.7 Å². The van der Waals surface area contributed by atoms with Crippen LogP contribution in [0.25, 0.3) is 11.3 Å². The Morgan fingerprint density at radius 3 is 2.22 bits per heavy atom. The van der Waals surface area contributed by atoms with Crippen molar-refractivity contribution in [2.45, 2.75) is 25.6 Å². The normalized spacial score (nSPS) is 11.7. The summed E-state index contributed by atoms with van der Waals surface area (Å²) in [7, 11) is 1.56. The van der Waals surface area contributed by atoms with Gasteiger partial charge in [0.25, 0.3) is 5.78 Å². The Morgan fingerprint density at radius 1 is 1.12 bits per heavy atom. The number of aliphatic hydroxyl groups is 3. The first kappa shape index (κ1) is 29.5. The average molecular weight is 645 g/mol. The van der Waals surface area contributed by atoms with Gasteiger partial charge < -0.3 is 25.0 Å². The van der Waals surface area contributed by atoms with Gasteiger partial charge in [-0.1, -0.05) is 17.7 Å². The van der Waals surface area contributed by atoms with Crippen molar-refractivity contribution in [1.82, 2.24) is 4.98 Å². The SMILES string of the molecule is COc1c[c-]c(-c2cc(CO)ccn2)c(CO)c1.O=C(/C=C(\O)C(F)(F)F)C(F)(F)F.[Ir]. The number of allylic oxidation sites excluding steroid dienone is 2. The number of halogens is 6. The first-order chi connectivity index (χ1) is 14.3. The molecule has 1 heterocycles. The number of pyridine rings is 1. The number of carbonyl (C=O) groups excluding carboxylic acids is 1. The summed E-state index contributed by atoms with van der Waals surface area (Å²) < 4.78 is 73.1. The molecule has 0 saturated carbocycles. The van der Waals surface area contributed by atoms with Gasteiger partial charge in [0.05, 0.1) is 13.7 Å². The molecule has 1 radical (unpaired) electrons. The van der Waals surface area contributed by atoms with E-state index in [1.807, 2.05) is 0 Å². The third-order valence-corrected chi connectivity index (χ3v) is 3.50. The predicted molar refractivity (Wildman–Crippen MR) is 94.7 cm³/mol. The summed E-state index contributed by atoms with van der Waals surface area (Å²) in [5, 5.41) is 26.4. The molecule has 2 rings (SSSR count). The van der Waals surface area contributed by atoms with Gasteiger partial charge in [0, 0.05) is 44.7 Å². The van der Waals surface area contributed by atoms with Crippen molar-refractivity contribution in [2.24, 2.45) is 0 Å². The van der Waals surface area contributed by atoms with E-state index in [1.54, 1.807) is 37.6 Å². The van der Waals surface area contributed by atoms with E-state index in [2.05, 4.69) is 11.1 Å². The first-order valence-corrected chi connectivity index (χ1v) is 8.18. The number of rotatable bonds is 5. The molecule has 0 amide bonds. The van der Waals surface area contributed by atoms with Crippen LogP contribution in [0.1, 0.15) is 11.1 Å². The molecule has 0 unspecified atom stereocenters. The van der Waals surface area contributed by atoms with Crippen molar-refractivity contribution < 1.29 is 71.3 Å². The molecule has 0 aliphatic rings. The Kier molecular flexibility index (Phi) is 11.6. The molecular formula is C19H16F6IrNO5-. The zero-order chi connectivity index (χ0) is 23.8. The van der Waals surface area contributed by atoms with Crippen LogP contribution < -0.4 is 4.74 Å². The van der Waals surface area contributed by atoms with Crippen LogP contribution in [0.2, 0.25) is 0 Å². The Hall–Kier alpha value is -2.47. The van der Waals surface area contributed by atoms with Crippen LogP contribution in [0, 0.1) is 6.07 Å². The van der Waals surface area contributed by atoms with E-state index in [4.69, 9.17) is 14.9 Å². The number of hydrogen-bond donors (Lipinski definition) is 3. The van der Waals surface area contributed by atoms with Crippen molar-refractivity contribution in [2.75, 3.05) is 7.11 Å². The predicted octanol–water partition coefficient (Wildman–Crippen LogP) is 3.66. The van der Waals surface area contributed by atoms with E-state index >= 15 is 0 Å². The summed E-state index contributed by atoms with van der Waals surface area (Å²) >= 11 is 0. The zero-order valence-electron chi connectivity index (χ0n) is 16.1. The van der Waals surface area contributed by atoms with E-state index in [9.17, 15) is 36.2 Å². The van der Waals surface area contributed by atoms with Gasteiger partial charge >= 0.3 is 12.4 Å². The fraction of sp³-hybridized carbons (Fsp3) is 0.263. The maximum Gasteiger partial charge on any atom is 0.454 e. The summed E-state index contributed by atoms with van der Waals surface area (Å²) in [6, 6.07) is 10.0. The van der Waals surface area contributed by atoms with E-state index in [0.29, 0.717) is 22.6 Å². The van der Waals surface area contributed by atoms with Crippen LogP contribution >= 0.6 is 0 Å². The Balaban J connectivity index is 0.000000617. The maximum atomic E-state index is 11.4. The van der Waals surface area contributed by atoms with Crippen LogP contribution in [0.5, 0.6) is 5.75 Å². The summed E-state index contributed by atoms with van der Waals surface area (Å²) in [6.07, 6.45) is -10.1. The molecule has 0 spiro atoms. The molecule has 1 aromatic heterocycles. The van der Waals surface area contributed by atoms with E-state index < -0.39 is 30.0 Å².